The van der Waals surface area contributed by atoms with Gasteiger partial charge in [-0.1, -0.05) is 32.4 Å². The summed E-state index contributed by atoms with van der Waals surface area (Å²) < 4.78 is 0. The lowest BCUT2D eigenvalue weighted by Crippen LogP contribution is -2.51. The number of Topliss-reactive ketones (excluding diaryl/α,β-unsaturated/α-hetero) is 2. The van der Waals surface area contributed by atoms with Crippen LogP contribution in [0.1, 0.15) is 58.8 Å². The molecule has 3 aliphatic carbocycles. The molecule has 0 aromatic carbocycles. The molecule has 1 saturated heterocycles. The van der Waals surface area contributed by atoms with Crippen LogP contribution in [0, 0.1) is 41.4 Å². The van der Waals surface area contributed by atoms with Crippen molar-refractivity contribution in [3.05, 3.63) is 35.6 Å². The predicted octanol–water partition coefficient (Wildman–Crippen LogP) is 2.53. The fourth-order valence-electron chi connectivity index (χ4n) is 8.20. The van der Waals surface area contributed by atoms with E-state index in [4.69, 9.17) is 0 Å². The van der Waals surface area contributed by atoms with Gasteiger partial charge in [0, 0.05) is 13.0 Å². The first kappa shape index (κ1) is 25.9. The second kappa shape index (κ2) is 9.86. The van der Waals surface area contributed by atoms with Crippen LogP contribution in [0.25, 0.3) is 0 Å². The van der Waals surface area contributed by atoms with E-state index in [1.54, 1.807) is 6.08 Å². The molecular weight excluding hydrogens is 472 g/mol. The summed E-state index contributed by atoms with van der Waals surface area (Å²) in [6.45, 7) is 4.59. The Morgan fingerprint density at radius 1 is 1.11 bits per heavy atom. The first-order chi connectivity index (χ1) is 17.7. The van der Waals surface area contributed by atoms with Crippen molar-refractivity contribution in [1.82, 2.24) is 10.6 Å². The number of nitrogens with one attached hydrogen (secondary N) is 2. The Labute approximate surface area is 217 Å². The molecule has 0 spiro atoms. The Balaban J connectivity index is 1.49. The summed E-state index contributed by atoms with van der Waals surface area (Å²) >= 11 is 0. The molecule has 5 rings (SSSR count). The molecule has 0 aromatic rings. The van der Waals surface area contributed by atoms with Gasteiger partial charge in [-0.15, -0.1) is 0 Å². The maximum absolute atomic E-state index is 13.6. The van der Waals surface area contributed by atoms with Crippen molar-refractivity contribution < 1.29 is 29.4 Å². The Morgan fingerprint density at radius 3 is 2.65 bits per heavy atom. The molecule has 4 N–H and O–H groups in total. The fourth-order valence-corrected chi connectivity index (χ4v) is 8.20. The number of aliphatic hydroxyl groups excluding tert-OH is 1. The van der Waals surface area contributed by atoms with Crippen LogP contribution in [0.15, 0.2) is 35.6 Å². The second-order valence-corrected chi connectivity index (χ2v) is 11.7. The van der Waals surface area contributed by atoms with Gasteiger partial charge in [0.05, 0.1) is 17.6 Å². The molecule has 2 bridgehead atoms. The zero-order valence-electron chi connectivity index (χ0n) is 21.6. The van der Waals surface area contributed by atoms with E-state index in [2.05, 4.69) is 24.5 Å². The highest BCUT2D eigenvalue weighted by molar-refractivity contribution is 6.27. The molecule has 0 radical (unpaired) electrons. The van der Waals surface area contributed by atoms with Gasteiger partial charge >= 0.3 is 0 Å². The van der Waals surface area contributed by atoms with E-state index in [0.717, 1.165) is 19.3 Å². The van der Waals surface area contributed by atoms with Gasteiger partial charge in [-0.05, 0) is 79.8 Å². The topological polar surface area (TPSA) is 133 Å². The third-order valence-electron chi connectivity index (χ3n) is 10.1. The van der Waals surface area contributed by atoms with Crippen LogP contribution in [0.2, 0.25) is 0 Å². The summed E-state index contributed by atoms with van der Waals surface area (Å²) in [6, 6.07) is -0.726. The van der Waals surface area contributed by atoms with Gasteiger partial charge in [0.15, 0.2) is 5.78 Å². The zero-order chi connectivity index (χ0) is 26.5. The van der Waals surface area contributed by atoms with Crippen molar-refractivity contribution >= 4 is 23.4 Å². The van der Waals surface area contributed by atoms with E-state index in [-0.39, 0.29) is 59.0 Å². The molecule has 2 amide bonds. The van der Waals surface area contributed by atoms with E-state index in [1.165, 1.54) is 12.2 Å². The molecule has 2 aliphatic heterocycles. The zero-order valence-corrected chi connectivity index (χ0v) is 21.6. The summed E-state index contributed by atoms with van der Waals surface area (Å²) in [5.41, 5.74) is -1.25. The summed E-state index contributed by atoms with van der Waals surface area (Å²) in [5, 5.41) is 28.1. The van der Waals surface area contributed by atoms with Crippen molar-refractivity contribution in [2.75, 3.05) is 6.54 Å². The smallest absolute Gasteiger partial charge is 0.259 e. The Hall–Kier alpha value is -2.74. The van der Waals surface area contributed by atoms with Crippen LogP contribution >= 0.6 is 0 Å². The van der Waals surface area contributed by atoms with Crippen molar-refractivity contribution in [2.45, 2.75) is 70.4 Å². The number of ketones is 2. The first-order valence-electron chi connectivity index (χ1n) is 13.8. The molecule has 3 saturated carbocycles. The van der Waals surface area contributed by atoms with Gasteiger partial charge in [-0.25, -0.2) is 0 Å². The lowest BCUT2D eigenvalue weighted by atomic mass is 9.61. The first-order valence-corrected chi connectivity index (χ1v) is 13.8. The molecule has 4 fully saturated rings. The predicted molar refractivity (Wildman–Crippen MR) is 136 cm³/mol. The molecule has 37 heavy (non-hydrogen) atoms. The number of amides is 2. The largest absolute Gasteiger partial charge is 0.507 e. The summed E-state index contributed by atoms with van der Waals surface area (Å²) in [7, 11) is 0. The number of hydrogen-bond acceptors (Lipinski definition) is 6. The van der Waals surface area contributed by atoms with Crippen LogP contribution in [-0.4, -0.2) is 51.8 Å². The van der Waals surface area contributed by atoms with E-state index in [1.807, 2.05) is 6.08 Å². The van der Waals surface area contributed by atoms with Crippen LogP contribution in [-0.2, 0) is 19.2 Å². The van der Waals surface area contributed by atoms with Crippen molar-refractivity contribution in [3.63, 3.8) is 0 Å². The molecular formula is C29H38N2O6. The number of aliphatic hydroxyl groups is 2. The number of carbonyl (C=O) groups excluding carboxylic acids is 4. The number of hydrogen-bond donors (Lipinski definition) is 4. The highest BCUT2D eigenvalue weighted by Crippen LogP contribution is 2.63. The Kier molecular flexibility index (Phi) is 6.90. The average molecular weight is 511 g/mol. The molecule has 9 atom stereocenters. The highest BCUT2D eigenvalue weighted by atomic mass is 16.3. The number of allylic oxidation sites excluding steroid dienone is 3. The van der Waals surface area contributed by atoms with Crippen molar-refractivity contribution in [1.29, 1.82) is 0 Å². The maximum atomic E-state index is 13.6. The van der Waals surface area contributed by atoms with E-state index >= 15 is 0 Å². The van der Waals surface area contributed by atoms with E-state index in [9.17, 15) is 29.4 Å². The van der Waals surface area contributed by atoms with Gasteiger partial charge in [-0.3, -0.25) is 19.2 Å². The Bertz CT molecular complexity index is 1090. The lowest BCUT2D eigenvalue weighted by molar-refractivity contribution is -0.145. The standard InChI is InChI=1S/C29H38N2O6/c1-3-16-12-18-14-20-19-6-4-8-24(34)30-11-5-7-21-27(35)25(28(36)31-21)22(32)10-9-17(19)13-23(33)26(20)29(18,37)15(16)2/h4,8-10,15-21,26,32,37H,3,5-7,11-14H2,1-2H3,(H,30,34)(H,31,36). The van der Waals surface area contributed by atoms with E-state index in [0.29, 0.717) is 31.7 Å². The highest BCUT2D eigenvalue weighted by Gasteiger charge is 2.66. The summed E-state index contributed by atoms with van der Waals surface area (Å²) in [4.78, 5) is 51.2. The van der Waals surface area contributed by atoms with E-state index < -0.39 is 29.3 Å². The maximum Gasteiger partial charge on any atom is 0.259 e. The average Bonchev–Trinajstić information content (AvgIpc) is 3.41. The van der Waals surface area contributed by atoms with Crippen LogP contribution in [0.3, 0.4) is 0 Å². The molecule has 2 heterocycles. The fraction of sp³-hybridized carbons (Fsp3) is 0.655. The van der Waals surface area contributed by atoms with Crippen LogP contribution in [0.4, 0.5) is 0 Å². The minimum atomic E-state index is -0.999. The van der Waals surface area contributed by atoms with Crippen LogP contribution in [0.5, 0.6) is 0 Å². The number of carbonyl (C=O) groups is 4. The number of rotatable bonds is 1. The summed E-state index contributed by atoms with van der Waals surface area (Å²) in [5.74, 6) is -1.80. The third-order valence-corrected chi connectivity index (χ3v) is 10.1. The molecule has 8 heteroatoms. The Morgan fingerprint density at radius 2 is 1.89 bits per heavy atom. The quantitative estimate of drug-likeness (QED) is 0.401. The number of fused-ring (bicyclic) bond motifs is 7. The second-order valence-electron chi connectivity index (χ2n) is 11.7. The summed E-state index contributed by atoms with van der Waals surface area (Å²) in [6.07, 6.45) is 10.8. The van der Waals surface area contributed by atoms with Crippen molar-refractivity contribution in [2.24, 2.45) is 41.4 Å². The van der Waals surface area contributed by atoms with Crippen molar-refractivity contribution in [3.8, 4) is 0 Å². The molecule has 9 unspecified atom stereocenters. The SMILES string of the molecule is CCC1CC2CC3C4CC=CC(=O)NCCCC5NC(=O)C(=C(O)C=CC4CC(=O)C3C2(O)C1C)C5=O. The normalized spacial score (nSPS) is 42.4. The molecule has 200 valence electrons. The van der Waals surface area contributed by atoms with Crippen LogP contribution < -0.4 is 10.6 Å². The van der Waals surface area contributed by atoms with Gasteiger partial charge in [0.25, 0.3) is 5.91 Å². The van der Waals surface area contributed by atoms with Gasteiger partial charge in [-0.2, -0.15) is 0 Å². The molecule has 5 aliphatic rings. The molecule has 8 nitrogen and oxygen atoms in total. The lowest BCUT2D eigenvalue weighted by Gasteiger charge is -2.44. The van der Waals surface area contributed by atoms with Gasteiger partial charge in [0.2, 0.25) is 5.91 Å². The third kappa shape index (κ3) is 4.27. The minimum absolute atomic E-state index is 0.0172. The van der Waals surface area contributed by atoms with Gasteiger partial charge in [0.1, 0.15) is 17.1 Å². The molecule has 0 aromatic heterocycles. The van der Waals surface area contributed by atoms with Gasteiger partial charge < -0.3 is 20.8 Å². The minimum Gasteiger partial charge on any atom is -0.507 e. The monoisotopic (exact) mass is 510 g/mol.